The largest absolute Gasteiger partial charge is 0.433 e. The average molecular weight is 302 g/mol. The lowest BCUT2D eigenvalue weighted by atomic mass is 9.80. The average Bonchev–Trinajstić information content (AvgIpc) is 3.04. The van der Waals surface area contributed by atoms with Gasteiger partial charge in [0.15, 0.2) is 5.60 Å². The number of ketones is 1. The summed E-state index contributed by atoms with van der Waals surface area (Å²) in [6.45, 7) is 5.93. The summed E-state index contributed by atoms with van der Waals surface area (Å²) >= 11 is 0. The Morgan fingerprint density at radius 1 is 1.14 bits per heavy atom. The van der Waals surface area contributed by atoms with Crippen LogP contribution in [-0.2, 0) is 24.7 Å². The third kappa shape index (κ3) is 2.35. The molecule has 1 aliphatic carbocycles. The second-order valence-electron chi connectivity index (χ2n) is 7.30. The summed E-state index contributed by atoms with van der Waals surface area (Å²) < 4.78 is 11.8. The lowest BCUT2D eigenvalue weighted by Gasteiger charge is -2.32. The summed E-state index contributed by atoms with van der Waals surface area (Å²) in [6, 6.07) is 9.44. The van der Waals surface area contributed by atoms with E-state index in [-0.39, 0.29) is 23.1 Å². The lowest BCUT2D eigenvalue weighted by molar-refractivity contribution is -0.162. The van der Waals surface area contributed by atoms with E-state index in [4.69, 9.17) is 9.47 Å². The second kappa shape index (κ2) is 5.20. The first-order valence-corrected chi connectivity index (χ1v) is 7.80. The number of ether oxygens (including phenoxy) is 2. The molecule has 3 atom stereocenters. The molecule has 0 aromatic heterocycles. The number of carbonyl (C=O) groups excluding carboxylic acids is 2. The van der Waals surface area contributed by atoms with Crippen molar-refractivity contribution < 1.29 is 19.1 Å². The quantitative estimate of drug-likeness (QED) is 0.787. The molecule has 2 aliphatic rings. The van der Waals surface area contributed by atoms with Gasteiger partial charge in [0, 0.05) is 24.2 Å². The van der Waals surface area contributed by atoms with Crippen molar-refractivity contribution in [3.05, 3.63) is 35.9 Å². The van der Waals surface area contributed by atoms with Gasteiger partial charge in [0.2, 0.25) is 6.29 Å². The van der Waals surface area contributed by atoms with Gasteiger partial charge in [0.05, 0.1) is 0 Å². The normalized spacial score (nSPS) is 32.3. The predicted molar refractivity (Wildman–Crippen MR) is 80.9 cm³/mol. The maximum atomic E-state index is 12.8. The zero-order chi connectivity index (χ0) is 16.0. The van der Waals surface area contributed by atoms with Gasteiger partial charge in [-0.05, 0) is 12.0 Å². The molecule has 1 aromatic carbocycles. The molecule has 22 heavy (non-hydrogen) atoms. The Hall–Kier alpha value is -1.68. The van der Waals surface area contributed by atoms with Crippen molar-refractivity contribution in [2.24, 2.45) is 11.3 Å². The maximum Gasteiger partial charge on any atom is 0.345 e. The van der Waals surface area contributed by atoms with Crippen LogP contribution in [0.15, 0.2) is 30.3 Å². The molecule has 0 N–H and O–H groups in total. The summed E-state index contributed by atoms with van der Waals surface area (Å²) in [4.78, 5) is 24.6. The predicted octanol–water partition coefficient (Wildman–Crippen LogP) is 3.20. The van der Waals surface area contributed by atoms with Gasteiger partial charge < -0.3 is 9.47 Å². The van der Waals surface area contributed by atoms with Gasteiger partial charge in [0.1, 0.15) is 5.78 Å². The molecule has 0 spiro atoms. The Balaban J connectivity index is 2.05. The first-order valence-electron chi connectivity index (χ1n) is 7.80. The van der Waals surface area contributed by atoms with Crippen LogP contribution in [-0.4, -0.2) is 18.0 Å². The number of esters is 1. The van der Waals surface area contributed by atoms with Crippen molar-refractivity contribution in [3.63, 3.8) is 0 Å². The van der Waals surface area contributed by atoms with Crippen LogP contribution in [0.1, 0.15) is 45.6 Å². The smallest absolute Gasteiger partial charge is 0.345 e. The highest BCUT2D eigenvalue weighted by Gasteiger charge is 2.59. The fourth-order valence-corrected chi connectivity index (χ4v) is 3.31. The van der Waals surface area contributed by atoms with Crippen molar-refractivity contribution in [2.75, 3.05) is 0 Å². The second-order valence-corrected chi connectivity index (χ2v) is 7.30. The third-order valence-electron chi connectivity index (χ3n) is 4.54. The van der Waals surface area contributed by atoms with Crippen LogP contribution in [0.4, 0.5) is 0 Å². The minimum Gasteiger partial charge on any atom is -0.433 e. The minimum absolute atomic E-state index is 0.151. The van der Waals surface area contributed by atoms with Crippen molar-refractivity contribution >= 4 is 11.8 Å². The highest BCUT2D eigenvalue weighted by atomic mass is 16.8. The molecule has 1 saturated heterocycles. The van der Waals surface area contributed by atoms with E-state index in [1.807, 2.05) is 51.1 Å². The Morgan fingerprint density at radius 2 is 1.82 bits per heavy atom. The lowest BCUT2D eigenvalue weighted by Crippen LogP contribution is -2.41. The van der Waals surface area contributed by atoms with Gasteiger partial charge in [-0.3, -0.25) is 4.79 Å². The monoisotopic (exact) mass is 302 g/mol. The molecule has 1 aliphatic heterocycles. The van der Waals surface area contributed by atoms with Gasteiger partial charge in [-0.1, -0.05) is 51.1 Å². The Morgan fingerprint density at radius 3 is 2.32 bits per heavy atom. The van der Waals surface area contributed by atoms with Crippen molar-refractivity contribution in [1.82, 2.24) is 0 Å². The van der Waals surface area contributed by atoms with E-state index in [1.165, 1.54) is 0 Å². The first kappa shape index (κ1) is 15.2. The zero-order valence-electron chi connectivity index (χ0n) is 13.3. The van der Waals surface area contributed by atoms with Gasteiger partial charge in [-0.25, -0.2) is 4.79 Å². The highest BCUT2D eigenvalue weighted by molar-refractivity contribution is 5.87. The number of Topliss-reactive ketones (excluding diaryl/α,β-unsaturated/α-hetero) is 1. The maximum absolute atomic E-state index is 12.8. The van der Waals surface area contributed by atoms with E-state index in [2.05, 4.69) is 0 Å². The Labute approximate surface area is 130 Å². The fraction of sp³-hybridized carbons (Fsp3) is 0.556. The van der Waals surface area contributed by atoms with Gasteiger partial charge in [-0.2, -0.15) is 0 Å². The SMILES string of the molecule is CC(C)(C)[C@H]1OC(=O)[C@](c2ccccc2)([C@@H]2CCC(=O)C2)O1. The summed E-state index contributed by atoms with van der Waals surface area (Å²) in [5.74, 6) is -0.323. The van der Waals surface area contributed by atoms with E-state index in [9.17, 15) is 9.59 Å². The van der Waals surface area contributed by atoms with E-state index in [1.54, 1.807) is 0 Å². The topological polar surface area (TPSA) is 52.6 Å². The molecule has 3 rings (SSSR count). The number of carbonyl (C=O) groups is 2. The molecule has 0 bridgehead atoms. The van der Waals surface area contributed by atoms with Gasteiger partial charge >= 0.3 is 5.97 Å². The van der Waals surface area contributed by atoms with Crippen molar-refractivity contribution in [3.8, 4) is 0 Å². The van der Waals surface area contributed by atoms with Crippen LogP contribution in [0.25, 0.3) is 0 Å². The Kier molecular flexibility index (Phi) is 3.60. The van der Waals surface area contributed by atoms with E-state index in [0.29, 0.717) is 19.3 Å². The minimum atomic E-state index is -1.15. The van der Waals surface area contributed by atoms with Crippen LogP contribution in [0, 0.1) is 11.3 Å². The van der Waals surface area contributed by atoms with Crippen molar-refractivity contribution in [1.29, 1.82) is 0 Å². The Bertz CT molecular complexity index is 587. The molecule has 0 unspecified atom stereocenters. The number of cyclic esters (lactones) is 1. The summed E-state index contributed by atoms with van der Waals surface area (Å²) in [5, 5.41) is 0. The molecule has 1 saturated carbocycles. The molecule has 0 radical (unpaired) electrons. The van der Waals surface area contributed by atoms with Crippen molar-refractivity contribution in [2.45, 2.75) is 51.9 Å². The third-order valence-corrected chi connectivity index (χ3v) is 4.54. The molecular weight excluding hydrogens is 280 g/mol. The number of hydrogen-bond acceptors (Lipinski definition) is 4. The van der Waals surface area contributed by atoms with Gasteiger partial charge in [0.25, 0.3) is 0 Å². The summed E-state index contributed by atoms with van der Waals surface area (Å²) in [6.07, 6.45) is 0.951. The van der Waals surface area contributed by atoms with Crippen LogP contribution in [0.5, 0.6) is 0 Å². The summed E-state index contributed by atoms with van der Waals surface area (Å²) in [5.41, 5.74) is -0.674. The van der Waals surface area contributed by atoms with Crippen LogP contribution in [0.3, 0.4) is 0 Å². The molecule has 1 heterocycles. The van der Waals surface area contributed by atoms with Crippen LogP contribution in [0.2, 0.25) is 0 Å². The van der Waals surface area contributed by atoms with E-state index in [0.717, 1.165) is 5.56 Å². The fourth-order valence-electron chi connectivity index (χ4n) is 3.31. The molecule has 1 aromatic rings. The highest BCUT2D eigenvalue weighted by Crippen LogP contribution is 2.49. The zero-order valence-corrected chi connectivity index (χ0v) is 13.3. The van der Waals surface area contributed by atoms with E-state index >= 15 is 0 Å². The van der Waals surface area contributed by atoms with Crippen LogP contribution >= 0.6 is 0 Å². The molecule has 0 amide bonds. The number of rotatable bonds is 2. The van der Waals surface area contributed by atoms with E-state index < -0.39 is 11.9 Å². The van der Waals surface area contributed by atoms with Crippen LogP contribution < -0.4 is 0 Å². The molecule has 2 fully saturated rings. The molecule has 4 heteroatoms. The molecular formula is C18H22O4. The van der Waals surface area contributed by atoms with Gasteiger partial charge in [-0.15, -0.1) is 0 Å². The summed E-state index contributed by atoms with van der Waals surface area (Å²) in [7, 11) is 0. The molecule has 4 nitrogen and oxygen atoms in total. The standard InChI is InChI=1S/C18H22O4/c1-17(2,3)16-21-15(20)18(22-16,12-7-5-4-6-8-12)13-9-10-14(19)11-13/h4-8,13,16H,9-11H2,1-3H3/t13-,16+,18+/m1/s1. The number of benzene rings is 1. The first-order chi connectivity index (χ1) is 10.3. The molecule has 118 valence electrons. The number of hydrogen-bond donors (Lipinski definition) is 0.